The number of aromatic amines is 1. The third-order valence-corrected chi connectivity index (χ3v) is 3.67. The van der Waals surface area contributed by atoms with Crippen LogP contribution in [0.2, 0.25) is 0 Å². The van der Waals surface area contributed by atoms with E-state index in [1.807, 2.05) is 54.6 Å². The zero-order chi connectivity index (χ0) is 14.7. The summed E-state index contributed by atoms with van der Waals surface area (Å²) in [4.78, 5) is 0. The van der Waals surface area contributed by atoms with Gasteiger partial charge in [-0.25, -0.2) is 5.10 Å². The topological polar surface area (TPSA) is 46.0 Å². The fraction of sp³-hybridized carbons (Fsp3) is 0. The van der Waals surface area contributed by atoms with Gasteiger partial charge in [-0.15, -0.1) is 0 Å². The standard InChI is InChI=1S/C15H11BrN4S/c16-13-8-6-11(7-9-13)10-17-20-14(18-19-15(20)21)12-4-2-1-3-5-12/h1-10H,(H,19,21). The van der Waals surface area contributed by atoms with Gasteiger partial charge in [-0.2, -0.15) is 14.9 Å². The lowest BCUT2D eigenvalue weighted by atomic mass is 10.2. The Bertz CT molecular complexity index is 819. The Hall–Kier alpha value is -2.05. The van der Waals surface area contributed by atoms with Gasteiger partial charge in [0.2, 0.25) is 4.77 Å². The van der Waals surface area contributed by atoms with Gasteiger partial charge in [0.1, 0.15) is 0 Å². The van der Waals surface area contributed by atoms with E-state index in [4.69, 9.17) is 12.2 Å². The lowest BCUT2D eigenvalue weighted by Gasteiger charge is -2.00. The molecule has 3 rings (SSSR count). The average Bonchev–Trinajstić information content (AvgIpc) is 2.89. The van der Waals surface area contributed by atoms with Crippen LogP contribution in [-0.4, -0.2) is 21.1 Å². The van der Waals surface area contributed by atoms with Crippen LogP contribution in [-0.2, 0) is 0 Å². The predicted octanol–water partition coefficient (Wildman–Crippen LogP) is 4.25. The number of aromatic nitrogens is 3. The summed E-state index contributed by atoms with van der Waals surface area (Å²) in [6.45, 7) is 0. The Balaban J connectivity index is 1.98. The smallest absolute Gasteiger partial charge is 0.216 e. The number of hydrogen-bond donors (Lipinski definition) is 1. The minimum absolute atomic E-state index is 0.460. The minimum Gasteiger partial charge on any atom is -0.250 e. The highest BCUT2D eigenvalue weighted by atomic mass is 79.9. The molecular formula is C15H11BrN4S. The first kappa shape index (κ1) is 13.9. The molecular weight excluding hydrogens is 348 g/mol. The van der Waals surface area contributed by atoms with Crippen LogP contribution in [0, 0.1) is 4.77 Å². The molecule has 1 heterocycles. The second-order valence-electron chi connectivity index (χ2n) is 4.33. The normalized spacial score (nSPS) is 11.1. The van der Waals surface area contributed by atoms with Gasteiger partial charge in [-0.05, 0) is 29.9 Å². The monoisotopic (exact) mass is 358 g/mol. The van der Waals surface area contributed by atoms with E-state index in [-0.39, 0.29) is 0 Å². The molecule has 2 aromatic carbocycles. The number of rotatable bonds is 3. The molecule has 0 spiro atoms. The number of halogens is 1. The first-order chi connectivity index (χ1) is 10.2. The van der Waals surface area contributed by atoms with Gasteiger partial charge < -0.3 is 0 Å². The van der Waals surface area contributed by atoms with Crippen molar-refractivity contribution in [1.82, 2.24) is 14.9 Å². The maximum absolute atomic E-state index is 5.23. The molecule has 0 amide bonds. The van der Waals surface area contributed by atoms with Crippen molar-refractivity contribution in [2.75, 3.05) is 0 Å². The molecule has 1 aromatic heterocycles. The molecule has 0 saturated carbocycles. The molecule has 0 aliphatic heterocycles. The van der Waals surface area contributed by atoms with Crippen LogP contribution in [0.5, 0.6) is 0 Å². The summed E-state index contributed by atoms with van der Waals surface area (Å²) in [7, 11) is 0. The van der Waals surface area contributed by atoms with Crippen LogP contribution >= 0.6 is 28.1 Å². The Morgan fingerprint density at radius 1 is 1.10 bits per heavy atom. The molecule has 0 fully saturated rings. The first-order valence-electron chi connectivity index (χ1n) is 6.27. The summed E-state index contributed by atoms with van der Waals surface area (Å²) in [5.41, 5.74) is 1.94. The van der Waals surface area contributed by atoms with Crippen molar-refractivity contribution in [2.45, 2.75) is 0 Å². The van der Waals surface area contributed by atoms with Gasteiger partial charge in [0.25, 0.3) is 0 Å². The highest BCUT2D eigenvalue weighted by Crippen LogP contribution is 2.16. The van der Waals surface area contributed by atoms with Crippen molar-refractivity contribution < 1.29 is 0 Å². The van der Waals surface area contributed by atoms with Crippen molar-refractivity contribution in [3.63, 3.8) is 0 Å². The molecule has 21 heavy (non-hydrogen) atoms. The highest BCUT2D eigenvalue weighted by Gasteiger charge is 2.06. The Morgan fingerprint density at radius 3 is 2.52 bits per heavy atom. The third kappa shape index (κ3) is 3.17. The van der Waals surface area contributed by atoms with E-state index >= 15 is 0 Å². The van der Waals surface area contributed by atoms with Gasteiger partial charge in [-0.1, -0.05) is 58.4 Å². The molecule has 1 N–H and O–H groups in total. The van der Waals surface area contributed by atoms with Crippen LogP contribution < -0.4 is 0 Å². The third-order valence-electron chi connectivity index (χ3n) is 2.87. The molecule has 0 aliphatic rings. The Morgan fingerprint density at radius 2 is 1.81 bits per heavy atom. The van der Waals surface area contributed by atoms with Gasteiger partial charge in [-0.3, -0.25) is 0 Å². The largest absolute Gasteiger partial charge is 0.250 e. The fourth-order valence-corrected chi connectivity index (χ4v) is 2.29. The second-order valence-corrected chi connectivity index (χ2v) is 5.63. The maximum Gasteiger partial charge on any atom is 0.216 e. The molecule has 6 heteroatoms. The van der Waals surface area contributed by atoms with Crippen molar-refractivity contribution in [2.24, 2.45) is 5.10 Å². The predicted molar refractivity (Wildman–Crippen MR) is 90.0 cm³/mol. The van der Waals surface area contributed by atoms with Gasteiger partial charge >= 0.3 is 0 Å². The van der Waals surface area contributed by atoms with E-state index in [9.17, 15) is 0 Å². The fourth-order valence-electron chi connectivity index (χ4n) is 1.85. The van der Waals surface area contributed by atoms with Crippen molar-refractivity contribution >= 4 is 34.4 Å². The zero-order valence-corrected chi connectivity index (χ0v) is 13.3. The van der Waals surface area contributed by atoms with Crippen LogP contribution in [0.25, 0.3) is 11.4 Å². The molecule has 0 bridgehead atoms. The molecule has 0 radical (unpaired) electrons. The SMILES string of the molecule is S=c1[nH]nc(-c2ccccc2)n1N=Cc1ccc(Br)cc1. The van der Waals surface area contributed by atoms with Crippen molar-refractivity contribution in [1.29, 1.82) is 0 Å². The number of hydrogen-bond acceptors (Lipinski definition) is 3. The van der Waals surface area contributed by atoms with Crippen LogP contribution in [0.15, 0.2) is 64.2 Å². The minimum atomic E-state index is 0.460. The van der Waals surface area contributed by atoms with Crippen LogP contribution in [0.3, 0.4) is 0 Å². The molecule has 0 aliphatic carbocycles. The quantitative estimate of drug-likeness (QED) is 0.561. The lowest BCUT2D eigenvalue weighted by Crippen LogP contribution is -1.94. The average molecular weight is 359 g/mol. The molecule has 104 valence electrons. The lowest BCUT2D eigenvalue weighted by molar-refractivity contribution is 0.871. The van der Waals surface area contributed by atoms with E-state index in [1.165, 1.54) is 0 Å². The van der Waals surface area contributed by atoms with Gasteiger partial charge in [0.15, 0.2) is 5.82 Å². The van der Waals surface area contributed by atoms with E-state index in [0.29, 0.717) is 10.6 Å². The Kier molecular flexibility index (Phi) is 4.08. The summed E-state index contributed by atoms with van der Waals surface area (Å²) >= 11 is 8.64. The molecule has 3 aromatic rings. The van der Waals surface area contributed by atoms with Crippen LogP contribution in [0.1, 0.15) is 5.56 Å². The van der Waals surface area contributed by atoms with E-state index in [1.54, 1.807) is 10.9 Å². The van der Waals surface area contributed by atoms with Crippen molar-refractivity contribution in [3.05, 3.63) is 69.4 Å². The van der Waals surface area contributed by atoms with Crippen LogP contribution in [0.4, 0.5) is 0 Å². The molecule has 4 nitrogen and oxygen atoms in total. The first-order valence-corrected chi connectivity index (χ1v) is 7.47. The molecule has 0 atom stereocenters. The summed E-state index contributed by atoms with van der Waals surface area (Å²) in [5.74, 6) is 0.689. The summed E-state index contributed by atoms with van der Waals surface area (Å²) in [5, 5.41) is 11.4. The van der Waals surface area contributed by atoms with Gasteiger partial charge in [0, 0.05) is 10.0 Å². The summed E-state index contributed by atoms with van der Waals surface area (Å²) in [6, 6.07) is 17.7. The second kappa shape index (κ2) is 6.15. The number of nitrogens with one attached hydrogen (secondary N) is 1. The number of nitrogens with zero attached hydrogens (tertiary/aromatic N) is 3. The summed E-state index contributed by atoms with van der Waals surface area (Å²) in [6.07, 6.45) is 1.75. The maximum atomic E-state index is 5.23. The van der Waals surface area contributed by atoms with Gasteiger partial charge in [0.05, 0.1) is 6.21 Å². The summed E-state index contributed by atoms with van der Waals surface area (Å²) < 4.78 is 3.11. The van der Waals surface area contributed by atoms with Crippen molar-refractivity contribution in [3.8, 4) is 11.4 Å². The zero-order valence-electron chi connectivity index (χ0n) is 10.9. The number of H-pyrrole nitrogens is 1. The van der Waals surface area contributed by atoms with E-state index < -0.39 is 0 Å². The van der Waals surface area contributed by atoms with E-state index in [0.717, 1.165) is 15.6 Å². The molecule has 0 saturated heterocycles. The van der Waals surface area contributed by atoms with E-state index in [2.05, 4.69) is 31.2 Å². The number of benzene rings is 2. The highest BCUT2D eigenvalue weighted by molar-refractivity contribution is 9.10. The Labute approximate surface area is 135 Å². The molecule has 0 unspecified atom stereocenters.